The minimum Gasteiger partial charge on any atom is -0.505 e. The van der Waals surface area contributed by atoms with Crippen molar-refractivity contribution in [3.8, 4) is 23.0 Å². The number of phenolic OH excluding ortho intramolecular Hbond substituents is 1. The van der Waals surface area contributed by atoms with Gasteiger partial charge in [-0.3, -0.25) is 0 Å². The molecule has 152 valence electrons. The first-order chi connectivity index (χ1) is 14.0. The van der Waals surface area contributed by atoms with Crippen LogP contribution in [0.3, 0.4) is 0 Å². The van der Waals surface area contributed by atoms with Crippen LogP contribution >= 0.6 is 0 Å². The summed E-state index contributed by atoms with van der Waals surface area (Å²) in [5.74, 6) is 0.445. The predicted molar refractivity (Wildman–Crippen MR) is 105 cm³/mol. The fourth-order valence-electron chi connectivity index (χ4n) is 2.58. The van der Waals surface area contributed by atoms with E-state index in [9.17, 15) is 9.50 Å². The number of phenols is 1. The van der Waals surface area contributed by atoms with Crippen molar-refractivity contribution in [2.24, 2.45) is 0 Å². The van der Waals surface area contributed by atoms with Crippen LogP contribution in [0.15, 0.2) is 30.6 Å². The second-order valence-electron chi connectivity index (χ2n) is 5.89. The number of rotatable bonds is 7. The number of anilines is 4. The van der Waals surface area contributed by atoms with Gasteiger partial charge in [0.05, 0.1) is 27.0 Å². The molecule has 0 unspecified atom stereocenters. The van der Waals surface area contributed by atoms with Gasteiger partial charge in [0.15, 0.2) is 23.1 Å². The first-order valence-electron chi connectivity index (χ1n) is 8.48. The van der Waals surface area contributed by atoms with Crippen LogP contribution < -0.4 is 24.8 Å². The zero-order valence-electron chi connectivity index (χ0n) is 16.3. The highest BCUT2D eigenvalue weighted by molar-refractivity contribution is 5.66. The van der Waals surface area contributed by atoms with Gasteiger partial charge in [-0.25, -0.2) is 14.4 Å². The van der Waals surface area contributed by atoms with Gasteiger partial charge in [-0.15, -0.1) is 0 Å². The Morgan fingerprint density at radius 2 is 1.55 bits per heavy atom. The minimum atomic E-state index is -0.787. The Morgan fingerprint density at radius 3 is 2.14 bits per heavy atom. The predicted octanol–water partition coefficient (Wildman–Crippen LogP) is 3.54. The molecule has 0 saturated heterocycles. The van der Waals surface area contributed by atoms with Crippen molar-refractivity contribution in [1.29, 1.82) is 0 Å². The summed E-state index contributed by atoms with van der Waals surface area (Å²) in [6, 6.07) is 6.45. The lowest BCUT2D eigenvalue weighted by Gasteiger charge is -2.14. The maximum atomic E-state index is 14.2. The van der Waals surface area contributed by atoms with Gasteiger partial charge in [-0.1, -0.05) is 6.07 Å². The maximum Gasteiger partial charge on any atom is 0.232 e. The molecule has 0 atom stereocenters. The average Bonchev–Trinajstić information content (AvgIpc) is 2.73. The smallest absolute Gasteiger partial charge is 0.232 e. The first-order valence-corrected chi connectivity index (χ1v) is 8.48. The maximum absolute atomic E-state index is 14.2. The van der Waals surface area contributed by atoms with E-state index in [-0.39, 0.29) is 17.6 Å². The van der Waals surface area contributed by atoms with E-state index in [1.165, 1.54) is 33.7 Å². The van der Waals surface area contributed by atoms with Gasteiger partial charge in [0, 0.05) is 17.8 Å². The molecule has 3 N–H and O–H groups in total. The lowest BCUT2D eigenvalue weighted by Crippen LogP contribution is -2.04. The van der Waals surface area contributed by atoms with Gasteiger partial charge >= 0.3 is 0 Å². The van der Waals surface area contributed by atoms with Crippen LogP contribution in [-0.4, -0.2) is 41.4 Å². The van der Waals surface area contributed by atoms with E-state index in [0.717, 1.165) is 0 Å². The number of nitrogens with one attached hydrogen (secondary N) is 2. The highest BCUT2D eigenvalue weighted by Crippen LogP contribution is 2.40. The van der Waals surface area contributed by atoms with Crippen molar-refractivity contribution in [3.05, 3.63) is 42.0 Å². The SMILES string of the molecule is COc1cc(Nc2ncnc(Nc3ccc(C)c(O)c3F)n2)cc(OC)c1OC. The van der Waals surface area contributed by atoms with Gasteiger partial charge < -0.3 is 30.0 Å². The Hall–Kier alpha value is -3.82. The Kier molecular flexibility index (Phi) is 5.82. The highest BCUT2D eigenvalue weighted by atomic mass is 19.1. The fourth-order valence-corrected chi connectivity index (χ4v) is 2.58. The second kappa shape index (κ2) is 8.46. The van der Waals surface area contributed by atoms with Gasteiger partial charge in [0.2, 0.25) is 17.6 Å². The number of hydrogen-bond acceptors (Lipinski definition) is 9. The van der Waals surface area contributed by atoms with Gasteiger partial charge in [0.25, 0.3) is 0 Å². The molecule has 0 radical (unpaired) electrons. The third-order valence-corrected chi connectivity index (χ3v) is 4.06. The molecule has 0 fully saturated rings. The number of aryl methyl sites for hydroxylation is 1. The topological polar surface area (TPSA) is 111 Å². The summed E-state index contributed by atoms with van der Waals surface area (Å²) < 4.78 is 30.1. The third kappa shape index (κ3) is 4.21. The van der Waals surface area contributed by atoms with Crippen LogP contribution in [0.1, 0.15) is 5.56 Å². The molecule has 10 heteroatoms. The molecule has 0 amide bonds. The second-order valence-corrected chi connectivity index (χ2v) is 5.89. The van der Waals surface area contributed by atoms with Crippen LogP contribution in [0, 0.1) is 12.7 Å². The van der Waals surface area contributed by atoms with Crippen LogP contribution in [0.5, 0.6) is 23.0 Å². The zero-order valence-corrected chi connectivity index (χ0v) is 16.3. The van der Waals surface area contributed by atoms with E-state index in [0.29, 0.717) is 28.5 Å². The molecular weight excluding hydrogens is 381 g/mol. The van der Waals surface area contributed by atoms with Crippen LogP contribution in [0.4, 0.5) is 27.7 Å². The number of aromatic nitrogens is 3. The molecule has 0 aliphatic rings. The van der Waals surface area contributed by atoms with Crippen molar-refractivity contribution < 1.29 is 23.7 Å². The summed E-state index contributed by atoms with van der Waals surface area (Å²) in [6.07, 6.45) is 1.27. The summed E-state index contributed by atoms with van der Waals surface area (Å²) in [4.78, 5) is 12.2. The summed E-state index contributed by atoms with van der Waals surface area (Å²) in [6.45, 7) is 1.60. The number of ether oxygens (including phenoxy) is 3. The standard InChI is InChI=1S/C19H20FN5O4/c1-10-5-6-12(15(20)16(10)26)24-19-22-9-21-18(25-19)23-11-7-13(27-2)17(29-4)14(8-11)28-3/h5-9,26H,1-4H3,(H2,21,22,23,24,25). The molecule has 3 rings (SSSR count). The fraction of sp³-hybridized carbons (Fsp3) is 0.211. The molecule has 0 aliphatic carbocycles. The van der Waals surface area contributed by atoms with Gasteiger partial charge in [-0.2, -0.15) is 4.98 Å². The summed E-state index contributed by atoms with van der Waals surface area (Å²) in [5.41, 5.74) is 1.04. The Bertz CT molecular complexity index is 1010. The normalized spacial score (nSPS) is 10.4. The molecule has 0 bridgehead atoms. The van der Waals surface area contributed by atoms with E-state index in [2.05, 4.69) is 25.6 Å². The molecular formula is C19H20FN5O4. The van der Waals surface area contributed by atoms with Crippen molar-refractivity contribution in [3.63, 3.8) is 0 Å². The molecule has 2 aromatic carbocycles. The average molecular weight is 401 g/mol. The van der Waals surface area contributed by atoms with E-state index in [1.54, 1.807) is 25.1 Å². The van der Waals surface area contributed by atoms with Gasteiger partial charge in [0.1, 0.15) is 6.33 Å². The number of hydrogen-bond donors (Lipinski definition) is 3. The molecule has 1 heterocycles. The minimum absolute atomic E-state index is 0.0398. The quantitative estimate of drug-likeness (QED) is 0.547. The molecule has 3 aromatic rings. The Labute approximate surface area is 166 Å². The molecule has 29 heavy (non-hydrogen) atoms. The highest BCUT2D eigenvalue weighted by Gasteiger charge is 2.15. The lowest BCUT2D eigenvalue weighted by atomic mass is 10.2. The van der Waals surface area contributed by atoms with Crippen molar-refractivity contribution in [2.45, 2.75) is 6.92 Å². The number of benzene rings is 2. The lowest BCUT2D eigenvalue weighted by molar-refractivity contribution is 0.324. The molecule has 0 aliphatic heterocycles. The molecule has 9 nitrogen and oxygen atoms in total. The van der Waals surface area contributed by atoms with E-state index in [1.807, 2.05) is 0 Å². The first kappa shape index (κ1) is 19.9. The monoisotopic (exact) mass is 401 g/mol. The number of aromatic hydroxyl groups is 1. The third-order valence-electron chi connectivity index (χ3n) is 4.06. The Morgan fingerprint density at radius 1 is 0.931 bits per heavy atom. The molecule has 0 spiro atoms. The van der Waals surface area contributed by atoms with Crippen LogP contribution in [0.2, 0.25) is 0 Å². The summed E-state index contributed by atoms with van der Waals surface area (Å²) in [5, 5.41) is 15.5. The number of nitrogens with zero attached hydrogens (tertiary/aromatic N) is 3. The zero-order chi connectivity index (χ0) is 21.0. The molecule has 1 aromatic heterocycles. The summed E-state index contributed by atoms with van der Waals surface area (Å²) >= 11 is 0. The number of halogens is 1. The summed E-state index contributed by atoms with van der Waals surface area (Å²) in [7, 11) is 4.54. The van der Waals surface area contributed by atoms with E-state index in [4.69, 9.17) is 14.2 Å². The van der Waals surface area contributed by atoms with Crippen molar-refractivity contribution >= 4 is 23.3 Å². The van der Waals surface area contributed by atoms with E-state index >= 15 is 0 Å². The largest absolute Gasteiger partial charge is 0.505 e. The number of methoxy groups -OCH3 is 3. The van der Waals surface area contributed by atoms with Crippen molar-refractivity contribution in [2.75, 3.05) is 32.0 Å². The van der Waals surface area contributed by atoms with Crippen molar-refractivity contribution in [1.82, 2.24) is 15.0 Å². The van der Waals surface area contributed by atoms with Gasteiger partial charge in [-0.05, 0) is 18.6 Å². The van der Waals surface area contributed by atoms with Crippen LogP contribution in [0.25, 0.3) is 0 Å². The van der Waals surface area contributed by atoms with Crippen LogP contribution in [-0.2, 0) is 0 Å². The Balaban J connectivity index is 1.86. The molecule has 0 saturated carbocycles. The van der Waals surface area contributed by atoms with E-state index < -0.39 is 11.6 Å².